The second-order valence-corrected chi connectivity index (χ2v) is 6.14. The van der Waals surface area contributed by atoms with Crippen molar-refractivity contribution in [1.29, 1.82) is 0 Å². The maximum absolute atomic E-state index is 12.9. The number of benzene rings is 1. The van der Waals surface area contributed by atoms with Crippen LogP contribution in [0.5, 0.6) is 0 Å². The van der Waals surface area contributed by atoms with Crippen molar-refractivity contribution < 1.29 is 13.4 Å². The molecule has 106 valence electrons. The van der Waals surface area contributed by atoms with Gasteiger partial charge in [-0.15, -0.1) is 0 Å². The van der Waals surface area contributed by atoms with E-state index in [2.05, 4.69) is 10.6 Å². The van der Waals surface area contributed by atoms with E-state index in [1.54, 1.807) is 12.3 Å². The zero-order valence-corrected chi connectivity index (χ0v) is 11.9. The number of nitrogens with one attached hydrogen (secondary N) is 2. The highest BCUT2D eigenvalue weighted by molar-refractivity contribution is 7.84. The Balaban J connectivity index is 2.23. The molecule has 0 radical (unpaired) electrons. The second kappa shape index (κ2) is 8.01. The third-order valence-corrected chi connectivity index (χ3v) is 4.06. The number of amides is 1. The van der Waals surface area contributed by atoms with Gasteiger partial charge in [-0.1, -0.05) is 13.0 Å². The minimum Gasteiger partial charge on any atom is -0.325 e. The Morgan fingerprint density at radius 1 is 1.47 bits per heavy atom. The van der Waals surface area contributed by atoms with Gasteiger partial charge in [-0.3, -0.25) is 9.00 Å². The Bertz CT molecular complexity index is 454. The molecule has 1 rings (SSSR count). The molecule has 2 unspecified atom stereocenters. The maximum Gasteiger partial charge on any atom is 0.238 e. The molecule has 1 amide bonds. The third-order valence-electron chi connectivity index (χ3n) is 2.69. The van der Waals surface area contributed by atoms with Crippen LogP contribution in [-0.4, -0.2) is 34.7 Å². The van der Waals surface area contributed by atoms with E-state index in [4.69, 9.17) is 0 Å². The van der Waals surface area contributed by atoms with E-state index in [9.17, 15) is 13.4 Å². The molecule has 0 aliphatic rings. The standard InChI is InChI=1S/C13H19FN2O2S/c1-10(19(2)18)6-7-15-9-13(17)16-12-5-3-4-11(14)8-12/h3-5,8,10,15H,6-7,9H2,1-2H3,(H,16,17). The summed E-state index contributed by atoms with van der Waals surface area (Å²) >= 11 is 0. The van der Waals surface area contributed by atoms with Gasteiger partial charge in [-0.2, -0.15) is 0 Å². The lowest BCUT2D eigenvalue weighted by Gasteiger charge is -2.09. The van der Waals surface area contributed by atoms with Crippen molar-refractivity contribution >= 4 is 22.4 Å². The molecule has 19 heavy (non-hydrogen) atoms. The van der Waals surface area contributed by atoms with Crippen molar-refractivity contribution in [2.24, 2.45) is 0 Å². The van der Waals surface area contributed by atoms with Crippen LogP contribution in [0, 0.1) is 5.82 Å². The van der Waals surface area contributed by atoms with Gasteiger partial charge in [0.25, 0.3) is 0 Å². The van der Waals surface area contributed by atoms with Gasteiger partial charge in [-0.05, 0) is 31.2 Å². The topological polar surface area (TPSA) is 58.2 Å². The van der Waals surface area contributed by atoms with Crippen LogP contribution in [0.1, 0.15) is 13.3 Å². The fourth-order valence-electron chi connectivity index (χ4n) is 1.44. The van der Waals surface area contributed by atoms with Crippen molar-refractivity contribution in [3.63, 3.8) is 0 Å². The van der Waals surface area contributed by atoms with Crippen LogP contribution in [-0.2, 0) is 15.6 Å². The molecule has 0 aliphatic heterocycles. The summed E-state index contributed by atoms with van der Waals surface area (Å²) in [5, 5.41) is 5.67. The molecule has 0 heterocycles. The van der Waals surface area contributed by atoms with Gasteiger partial charge in [0.05, 0.1) is 6.54 Å². The molecule has 0 fully saturated rings. The monoisotopic (exact) mass is 286 g/mol. The normalized spacial score (nSPS) is 13.8. The Morgan fingerprint density at radius 2 is 2.21 bits per heavy atom. The summed E-state index contributed by atoms with van der Waals surface area (Å²) < 4.78 is 24.0. The molecule has 1 aromatic rings. The molecular weight excluding hydrogens is 267 g/mol. The van der Waals surface area contributed by atoms with Gasteiger partial charge in [0.15, 0.2) is 0 Å². The zero-order valence-electron chi connectivity index (χ0n) is 11.1. The average molecular weight is 286 g/mol. The largest absolute Gasteiger partial charge is 0.325 e. The molecule has 6 heteroatoms. The summed E-state index contributed by atoms with van der Waals surface area (Å²) in [6.07, 6.45) is 2.41. The van der Waals surface area contributed by atoms with Gasteiger partial charge < -0.3 is 10.6 Å². The predicted octanol–water partition coefficient (Wildman–Crippen LogP) is 1.51. The van der Waals surface area contributed by atoms with Crippen LogP contribution in [0.15, 0.2) is 24.3 Å². The molecule has 2 atom stereocenters. The number of rotatable bonds is 7. The van der Waals surface area contributed by atoms with Crippen LogP contribution in [0.3, 0.4) is 0 Å². The number of carbonyl (C=O) groups excluding carboxylic acids is 1. The molecule has 0 saturated heterocycles. The maximum atomic E-state index is 12.9. The summed E-state index contributed by atoms with van der Waals surface area (Å²) in [5.74, 6) is -0.610. The SMILES string of the molecule is CC(CCNCC(=O)Nc1cccc(F)c1)S(C)=O. The van der Waals surface area contributed by atoms with E-state index in [0.29, 0.717) is 12.2 Å². The molecule has 2 N–H and O–H groups in total. The van der Waals surface area contributed by atoms with E-state index in [-0.39, 0.29) is 23.5 Å². The minimum atomic E-state index is -0.841. The van der Waals surface area contributed by atoms with Crippen molar-refractivity contribution in [3.05, 3.63) is 30.1 Å². The van der Waals surface area contributed by atoms with Crippen molar-refractivity contribution in [2.45, 2.75) is 18.6 Å². The molecule has 4 nitrogen and oxygen atoms in total. The van der Waals surface area contributed by atoms with Gasteiger partial charge in [0.2, 0.25) is 5.91 Å². The fourth-order valence-corrected chi connectivity index (χ4v) is 1.89. The van der Waals surface area contributed by atoms with Crippen molar-refractivity contribution in [2.75, 3.05) is 24.7 Å². The van der Waals surface area contributed by atoms with Gasteiger partial charge in [-0.25, -0.2) is 4.39 Å². The number of anilines is 1. The van der Waals surface area contributed by atoms with E-state index >= 15 is 0 Å². The summed E-state index contributed by atoms with van der Waals surface area (Å²) in [6, 6.07) is 5.75. The van der Waals surface area contributed by atoms with Crippen molar-refractivity contribution in [3.8, 4) is 0 Å². The summed E-state index contributed by atoms with van der Waals surface area (Å²) in [6.45, 7) is 2.68. The minimum absolute atomic E-state index is 0.110. The first-order valence-electron chi connectivity index (χ1n) is 6.07. The smallest absolute Gasteiger partial charge is 0.238 e. The second-order valence-electron chi connectivity index (χ2n) is 4.33. The molecule has 0 aromatic heterocycles. The summed E-state index contributed by atoms with van der Waals surface area (Å²) in [7, 11) is -0.841. The Kier molecular flexibility index (Phi) is 6.66. The van der Waals surface area contributed by atoms with Crippen LogP contribution in [0.2, 0.25) is 0 Å². The Hall–Kier alpha value is -1.27. The lowest BCUT2D eigenvalue weighted by Crippen LogP contribution is -2.30. The van der Waals surface area contributed by atoms with Crippen LogP contribution < -0.4 is 10.6 Å². The molecular formula is C13H19FN2O2S. The van der Waals surface area contributed by atoms with E-state index in [0.717, 1.165) is 6.42 Å². The van der Waals surface area contributed by atoms with E-state index in [1.807, 2.05) is 6.92 Å². The van der Waals surface area contributed by atoms with Crippen LogP contribution >= 0.6 is 0 Å². The van der Waals surface area contributed by atoms with Crippen LogP contribution in [0.4, 0.5) is 10.1 Å². The number of hydrogen-bond acceptors (Lipinski definition) is 3. The molecule has 0 aliphatic carbocycles. The van der Waals surface area contributed by atoms with E-state index in [1.165, 1.54) is 18.2 Å². The lowest BCUT2D eigenvalue weighted by molar-refractivity contribution is -0.115. The predicted molar refractivity (Wildman–Crippen MR) is 76.0 cm³/mol. The molecule has 0 spiro atoms. The summed E-state index contributed by atoms with van der Waals surface area (Å²) in [4.78, 5) is 11.5. The first-order valence-corrected chi connectivity index (χ1v) is 7.69. The fraction of sp³-hybridized carbons (Fsp3) is 0.462. The molecule has 0 saturated carbocycles. The highest BCUT2D eigenvalue weighted by Gasteiger charge is 2.06. The Morgan fingerprint density at radius 3 is 2.84 bits per heavy atom. The average Bonchev–Trinajstić information content (AvgIpc) is 2.34. The van der Waals surface area contributed by atoms with E-state index < -0.39 is 10.8 Å². The van der Waals surface area contributed by atoms with Gasteiger partial charge >= 0.3 is 0 Å². The molecule has 1 aromatic carbocycles. The summed E-state index contributed by atoms with van der Waals surface area (Å²) in [5.41, 5.74) is 0.440. The number of hydrogen-bond donors (Lipinski definition) is 2. The highest BCUT2D eigenvalue weighted by Crippen LogP contribution is 2.08. The zero-order chi connectivity index (χ0) is 14.3. The van der Waals surface area contributed by atoms with Gasteiger partial charge in [0.1, 0.15) is 5.82 Å². The third kappa shape index (κ3) is 6.45. The van der Waals surface area contributed by atoms with Gasteiger partial charge in [0, 0.05) is 28.0 Å². The number of halogens is 1. The lowest BCUT2D eigenvalue weighted by atomic mass is 10.3. The van der Waals surface area contributed by atoms with Crippen LogP contribution in [0.25, 0.3) is 0 Å². The Labute approximate surface area is 115 Å². The number of carbonyl (C=O) groups is 1. The van der Waals surface area contributed by atoms with Crippen molar-refractivity contribution in [1.82, 2.24) is 5.32 Å². The first kappa shape index (κ1) is 15.8. The highest BCUT2D eigenvalue weighted by atomic mass is 32.2. The molecule has 0 bridgehead atoms. The quantitative estimate of drug-likeness (QED) is 0.747. The first-order chi connectivity index (χ1) is 8.99.